The zero-order valence-electron chi connectivity index (χ0n) is 14.1. The number of nitrogens with two attached hydrogens (primary N) is 1. The SMILES string of the molecule is CCCC1CCC(N)C(Oc2ccc(C(C)C)c(C)c2)C1. The molecular weight excluding hydrogens is 258 g/mol. The Kier molecular flexibility index (Phi) is 5.69. The van der Waals surface area contributed by atoms with Crippen molar-refractivity contribution in [2.75, 3.05) is 0 Å². The Morgan fingerprint density at radius 2 is 2.05 bits per heavy atom. The molecule has 2 nitrogen and oxygen atoms in total. The van der Waals surface area contributed by atoms with Gasteiger partial charge in [0.05, 0.1) is 0 Å². The van der Waals surface area contributed by atoms with Crippen LogP contribution in [-0.4, -0.2) is 12.1 Å². The lowest BCUT2D eigenvalue weighted by Crippen LogP contribution is -2.43. The summed E-state index contributed by atoms with van der Waals surface area (Å²) in [5.74, 6) is 2.33. The first-order valence-electron chi connectivity index (χ1n) is 8.54. The Hall–Kier alpha value is -1.02. The summed E-state index contributed by atoms with van der Waals surface area (Å²) in [4.78, 5) is 0. The van der Waals surface area contributed by atoms with E-state index in [2.05, 4.69) is 45.9 Å². The molecule has 21 heavy (non-hydrogen) atoms. The van der Waals surface area contributed by atoms with E-state index < -0.39 is 0 Å². The quantitative estimate of drug-likeness (QED) is 0.845. The molecule has 2 heteroatoms. The van der Waals surface area contributed by atoms with Gasteiger partial charge >= 0.3 is 0 Å². The molecule has 0 heterocycles. The number of rotatable bonds is 5. The predicted octanol–water partition coefficient (Wildman–Crippen LogP) is 4.79. The third-order valence-corrected chi connectivity index (χ3v) is 4.80. The van der Waals surface area contributed by atoms with Crippen LogP contribution in [0.25, 0.3) is 0 Å². The molecule has 3 atom stereocenters. The highest BCUT2D eigenvalue weighted by Crippen LogP contribution is 2.31. The smallest absolute Gasteiger partial charge is 0.120 e. The van der Waals surface area contributed by atoms with Crippen molar-refractivity contribution in [1.82, 2.24) is 0 Å². The minimum atomic E-state index is 0.180. The van der Waals surface area contributed by atoms with Gasteiger partial charge in [-0.25, -0.2) is 0 Å². The normalized spacial score (nSPS) is 26.1. The van der Waals surface area contributed by atoms with Crippen LogP contribution in [0.2, 0.25) is 0 Å². The van der Waals surface area contributed by atoms with Gasteiger partial charge in [-0.1, -0.05) is 39.7 Å². The number of hydrogen-bond acceptors (Lipinski definition) is 2. The predicted molar refractivity (Wildman–Crippen MR) is 89.9 cm³/mol. The van der Waals surface area contributed by atoms with E-state index in [-0.39, 0.29) is 12.1 Å². The summed E-state index contributed by atoms with van der Waals surface area (Å²) in [7, 11) is 0. The van der Waals surface area contributed by atoms with Crippen LogP contribution in [-0.2, 0) is 0 Å². The Balaban J connectivity index is 2.04. The molecule has 1 saturated carbocycles. The van der Waals surface area contributed by atoms with Crippen molar-refractivity contribution in [3.05, 3.63) is 29.3 Å². The van der Waals surface area contributed by atoms with E-state index in [9.17, 15) is 0 Å². The highest BCUT2D eigenvalue weighted by molar-refractivity contribution is 5.36. The number of aryl methyl sites for hydroxylation is 1. The van der Waals surface area contributed by atoms with Crippen molar-refractivity contribution in [2.24, 2.45) is 11.7 Å². The topological polar surface area (TPSA) is 35.2 Å². The van der Waals surface area contributed by atoms with Crippen molar-refractivity contribution in [3.63, 3.8) is 0 Å². The largest absolute Gasteiger partial charge is 0.489 e. The molecule has 2 N–H and O–H groups in total. The summed E-state index contributed by atoms with van der Waals surface area (Å²) in [6.07, 6.45) is 6.21. The van der Waals surface area contributed by atoms with E-state index in [1.54, 1.807) is 0 Å². The summed E-state index contributed by atoms with van der Waals surface area (Å²) in [6.45, 7) is 8.89. The Labute approximate surface area is 130 Å². The molecule has 3 unspecified atom stereocenters. The molecule has 0 bridgehead atoms. The zero-order valence-corrected chi connectivity index (χ0v) is 14.1. The van der Waals surface area contributed by atoms with Gasteiger partial charge < -0.3 is 10.5 Å². The molecule has 118 valence electrons. The van der Waals surface area contributed by atoms with Crippen molar-refractivity contribution >= 4 is 0 Å². The first-order chi connectivity index (χ1) is 10.0. The first-order valence-corrected chi connectivity index (χ1v) is 8.54. The van der Waals surface area contributed by atoms with Crippen LogP contribution in [0, 0.1) is 12.8 Å². The van der Waals surface area contributed by atoms with Gasteiger partial charge in [0.2, 0.25) is 0 Å². The fraction of sp³-hybridized carbons (Fsp3) is 0.684. The van der Waals surface area contributed by atoms with Crippen LogP contribution >= 0.6 is 0 Å². The molecule has 0 aromatic heterocycles. The van der Waals surface area contributed by atoms with Crippen molar-refractivity contribution in [1.29, 1.82) is 0 Å². The van der Waals surface area contributed by atoms with Gasteiger partial charge in [0.15, 0.2) is 0 Å². The van der Waals surface area contributed by atoms with Gasteiger partial charge in [-0.15, -0.1) is 0 Å². The van der Waals surface area contributed by atoms with Gasteiger partial charge in [0, 0.05) is 6.04 Å². The summed E-state index contributed by atoms with van der Waals surface area (Å²) < 4.78 is 6.23. The van der Waals surface area contributed by atoms with E-state index in [4.69, 9.17) is 10.5 Å². The van der Waals surface area contributed by atoms with E-state index in [1.807, 2.05) is 0 Å². The molecule has 0 radical (unpaired) electrons. The summed E-state index contributed by atoms with van der Waals surface area (Å²) in [5, 5.41) is 0. The third kappa shape index (κ3) is 4.23. The second-order valence-corrected chi connectivity index (χ2v) is 6.96. The van der Waals surface area contributed by atoms with Gasteiger partial charge in [-0.05, 0) is 61.3 Å². The second-order valence-electron chi connectivity index (χ2n) is 6.96. The molecule has 0 aliphatic heterocycles. The van der Waals surface area contributed by atoms with Crippen LogP contribution < -0.4 is 10.5 Å². The molecule has 0 saturated heterocycles. The zero-order chi connectivity index (χ0) is 15.4. The summed E-state index contributed by atoms with van der Waals surface area (Å²) in [5.41, 5.74) is 9.00. The fourth-order valence-corrected chi connectivity index (χ4v) is 3.59. The molecule has 2 rings (SSSR count). The third-order valence-electron chi connectivity index (χ3n) is 4.80. The minimum absolute atomic E-state index is 0.180. The van der Waals surface area contributed by atoms with Crippen LogP contribution in [0.3, 0.4) is 0 Å². The molecular formula is C19H31NO. The molecule has 1 aliphatic rings. The highest BCUT2D eigenvalue weighted by atomic mass is 16.5. The standard InChI is InChI=1S/C19H31NO/c1-5-6-15-7-10-18(20)19(12-15)21-16-8-9-17(13(2)3)14(4)11-16/h8-9,11,13,15,18-19H,5-7,10,12,20H2,1-4H3. The average molecular weight is 289 g/mol. The lowest BCUT2D eigenvalue weighted by Gasteiger charge is -2.34. The lowest BCUT2D eigenvalue weighted by molar-refractivity contribution is 0.0992. The van der Waals surface area contributed by atoms with Gasteiger partial charge in [0.25, 0.3) is 0 Å². The van der Waals surface area contributed by atoms with Crippen LogP contribution in [0.4, 0.5) is 0 Å². The lowest BCUT2D eigenvalue weighted by atomic mass is 9.82. The van der Waals surface area contributed by atoms with E-state index in [1.165, 1.54) is 30.4 Å². The van der Waals surface area contributed by atoms with E-state index >= 15 is 0 Å². The highest BCUT2D eigenvalue weighted by Gasteiger charge is 2.29. The van der Waals surface area contributed by atoms with Crippen LogP contribution in [0.1, 0.15) is 69.9 Å². The van der Waals surface area contributed by atoms with Gasteiger partial charge in [-0.2, -0.15) is 0 Å². The number of benzene rings is 1. The van der Waals surface area contributed by atoms with Gasteiger partial charge in [-0.3, -0.25) is 0 Å². The average Bonchev–Trinajstić information content (AvgIpc) is 2.42. The Morgan fingerprint density at radius 3 is 2.67 bits per heavy atom. The maximum atomic E-state index is 6.28. The monoisotopic (exact) mass is 289 g/mol. The van der Waals surface area contributed by atoms with Crippen molar-refractivity contribution in [2.45, 2.75) is 77.9 Å². The minimum Gasteiger partial charge on any atom is -0.489 e. The van der Waals surface area contributed by atoms with E-state index in [0.29, 0.717) is 5.92 Å². The van der Waals surface area contributed by atoms with E-state index in [0.717, 1.165) is 24.5 Å². The molecule has 1 fully saturated rings. The maximum absolute atomic E-state index is 6.28. The molecule has 1 aromatic carbocycles. The maximum Gasteiger partial charge on any atom is 0.120 e. The summed E-state index contributed by atoms with van der Waals surface area (Å²) >= 11 is 0. The van der Waals surface area contributed by atoms with Crippen molar-refractivity contribution < 1.29 is 4.74 Å². The number of ether oxygens (including phenoxy) is 1. The number of hydrogen-bond donors (Lipinski definition) is 1. The Morgan fingerprint density at radius 1 is 1.29 bits per heavy atom. The van der Waals surface area contributed by atoms with Crippen molar-refractivity contribution in [3.8, 4) is 5.75 Å². The molecule has 1 aromatic rings. The second kappa shape index (κ2) is 7.31. The molecule has 0 amide bonds. The van der Waals surface area contributed by atoms with Crippen LogP contribution in [0.15, 0.2) is 18.2 Å². The van der Waals surface area contributed by atoms with Crippen LogP contribution in [0.5, 0.6) is 5.75 Å². The summed E-state index contributed by atoms with van der Waals surface area (Å²) in [6, 6.07) is 6.67. The molecule has 0 spiro atoms. The first kappa shape index (κ1) is 16.4. The Bertz CT molecular complexity index is 455. The van der Waals surface area contributed by atoms with Gasteiger partial charge in [0.1, 0.15) is 11.9 Å². The fourth-order valence-electron chi connectivity index (χ4n) is 3.59. The molecule has 1 aliphatic carbocycles.